The summed E-state index contributed by atoms with van der Waals surface area (Å²) < 4.78 is 6.44. The summed E-state index contributed by atoms with van der Waals surface area (Å²) in [6.07, 6.45) is 0.492. The van der Waals surface area contributed by atoms with Gasteiger partial charge in [-0.15, -0.1) is 0 Å². The first-order chi connectivity index (χ1) is 7.58. The number of aromatic amines is 1. The van der Waals surface area contributed by atoms with Crippen LogP contribution >= 0.6 is 0 Å². The topological polar surface area (TPSA) is 119 Å². The molecule has 2 aromatic rings. The van der Waals surface area contributed by atoms with Gasteiger partial charge >= 0.3 is 0 Å². The highest BCUT2D eigenvalue weighted by Crippen LogP contribution is 2.06. The number of fused-ring (bicyclic) bond motifs is 1. The molecule has 1 atom stereocenters. The molecule has 16 heavy (non-hydrogen) atoms. The SMILES string of the molecule is CC(O)OCn1cnc2c(=O)[nH]c(N)nc21. The zero-order valence-corrected chi connectivity index (χ0v) is 8.54. The number of hydrogen-bond acceptors (Lipinski definition) is 6. The van der Waals surface area contributed by atoms with Gasteiger partial charge in [-0.25, -0.2) is 4.98 Å². The first kappa shape index (κ1) is 10.6. The molecule has 2 aromatic heterocycles. The van der Waals surface area contributed by atoms with Gasteiger partial charge in [0, 0.05) is 0 Å². The summed E-state index contributed by atoms with van der Waals surface area (Å²) in [6, 6.07) is 0. The van der Waals surface area contributed by atoms with Crippen LogP contribution in [0.2, 0.25) is 0 Å². The van der Waals surface area contributed by atoms with Crippen LogP contribution in [0.25, 0.3) is 11.2 Å². The van der Waals surface area contributed by atoms with Crippen molar-refractivity contribution in [3.8, 4) is 0 Å². The van der Waals surface area contributed by atoms with E-state index in [1.807, 2.05) is 0 Å². The number of nitrogens with two attached hydrogens (primary N) is 1. The lowest BCUT2D eigenvalue weighted by Gasteiger charge is -2.07. The number of ether oxygens (including phenoxy) is 1. The molecule has 8 heteroatoms. The van der Waals surface area contributed by atoms with E-state index in [1.165, 1.54) is 17.8 Å². The van der Waals surface area contributed by atoms with E-state index in [0.29, 0.717) is 5.65 Å². The number of nitrogens with zero attached hydrogens (tertiary/aromatic N) is 3. The van der Waals surface area contributed by atoms with Crippen molar-refractivity contribution in [3.63, 3.8) is 0 Å². The second kappa shape index (κ2) is 3.91. The summed E-state index contributed by atoms with van der Waals surface area (Å²) >= 11 is 0. The lowest BCUT2D eigenvalue weighted by molar-refractivity contribution is -0.111. The molecule has 0 amide bonds. The molecular formula is C8H11N5O3. The predicted molar refractivity (Wildman–Crippen MR) is 55.3 cm³/mol. The van der Waals surface area contributed by atoms with Gasteiger partial charge in [-0.1, -0.05) is 0 Å². The van der Waals surface area contributed by atoms with E-state index in [4.69, 9.17) is 15.6 Å². The highest BCUT2D eigenvalue weighted by molar-refractivity contribution is 5.70. The fourth-order valence-electron chi connectivity index (χ4n) is 1.25. The molecule has 0 spiro atoms. The van der Waals surface area contributed by atoms with Gasteiger partial charge in [0.05, 0.1) is 6.33 Å². The van der Waals surface area contributed by atoms with Gasteiger partial charge in [-0.3, -0.25) is 14.3 Å². The number of anilines is 1. The number of rotatable bonds is 3. The second-order valence-corrected chi connectivity index (χ2v) is 3.23. The molecule has 0 fully saturated rings. The maximum absolute atomic E-state index is 11.4. The second-order valence-electron chi connectivity index (χ2n) is 3.23. The number of imidazole rings is 1. The number of nitrogens with one attached hydrogen (secondary N) is 1. The molecular weight excluding hydrogens is 214 g/mol. The van der Waals surface area contributed by atoms with Crippen LogP contribution in [0.5, 0.6) is 0 Å². The number of aromatic nitrogens is 4. The Morgan fingerprint density at radius 3 is 3.19 bits per heavy atom. The Labute approximate surface area is 89.7 Å². The zero-order valence-electron chi connectivity index (χ0n) is 8.54. The summed E-state index contributed by atoms with van der Waals surface area (Å²) in [4.78, 5) is 21.6. The summed E-state index contributed by atoms with van der Waals surface area (Å²) in [6.45, 7) is 1.53. The predicted octanol–water partition coefficient (Wildman–Crippen LogP) is -0.986. The van der Waals surface area contributed by atoms with Crippen LogP contribution in [0.3, 0.4) is 0 Å². The fourth-order valence-corrected chi connectivity index (χ4v) is 1.25. The van der Waals surface area contributed by atoms with Crippen molar-refractivity contribution in [2.45, 2.75) is 19.9 Å². The summed E-state index contributed by atoms with van der Waals surface area (Å²) in [5, 5.41) is 8.96. The lowest BCUT2D eigenvalue weighted by atomic mass is 10.5. The Balaban J connectivity index is 2.44. The molecule has 0 aliphatic carbocycles. The van der Waals surface area contributed by atoms with Crippen LogP contribution in [0.15, 0.2) is 11.1 Å². The molecule has 0 radical (unpaired) electrons. The van der Waals surface area contributed by atoms with Crippen LogP contribution in [-0.4, -0.2) is 30.9 Å². The third kappa shape index (κ3) is 1.88. The summed E-state index contributed by atoms with van der Waals surface area (Å²) in [5.41, 5.74) is 5.51. The van der Waals surface area contributed by atoms with E-state index >= 15 is 0 Å². The maximum Gasteiger partial charge on any atom is 0.280 e. The van der Waals surface area contributed by atoms with Crippen LogP contribution in [-0.2, 0) is 11.5 Å². The molecule has 1 unspecified atom stereocenters. The highest BCUT2D eigenvalue weighted by atomic mass is 16.6. The Hall–Kier alpha value is -1.93. The Kier molecular flexibility index (Phi) is 2.59. The molecule has 8 nitrogen and oxygen atoms in total. The fraction of sp³-hybridized carbons (Fsp3) is 0.375. The quantitative estimate of drug-likeness (QED) is 0.577. The number of nitrogen functional groups attached to an aromatic ring is 1. The minimum absolute atomic E-state index is 0.0105. The van der Waals surface area contributed by atoms with Crippen LogP contribution in [0.1, 0.15) is 6.92 Å². The van der Waals surface area contributed by atoms with Crippen LogP contribution in [0, 0.1) is 0 Å². The minimum atomic E-state index is -0.906. The van der Waals surface area contributed by atoms with E-state index < -0.39 is 11.8 Å². The first-order valence-corrected chi connectivity index (χ1v) is 4.58. The molecule has 86 valence electrons. The normalized spacial score (nSPS) is 13.1. The highest BCUT2D eigenvalue weighted by Gasteiger charge is 2.09. The summed E-state index contributed by atoms with van der Waals surface area (Å²) in [7, 11) is 0. The zero-order chi connectivity index (χ0) is 11.7. The van der Waals surface area contributed by atoms with Crippen molar-refractivity contribution in [3.05, 3.63) is 16.7 Å². The third-order valence-corrected chi connectivity index (χ3v) is 1.95. The number of aliphatic hydroxyl groups excluding tert-OH is 1. The molecule has 0 aliphatic heterocycles. The van der Waals surface area contributed by atoms with Crippen molar-refractivity contribution in [1.82, 2.24) is 19.5 Å². The van der Waals surface area contributed by atoms with E-state index in [1.54, 1.807) is 0 Å². The standard InChI is InChI=1S/C8H11N5O3/c1-4(14)16-3-13-2-10-5-6(13)11-8(9)12-7(5)15/h2,4,14H,3H2,1H3,(H3,9,11,12,15). The van der Waals surface area contributed by atoms with Crippen molar-refractivity contribution in [1.29, 1.82) is 0 Å². The maximum atomic E-state index is 11.4. The summed E-state index contributed by atoms with van der Waals surface area (Å²) in [5.74, 6) is 0.0105. The first-order valence-electron chi connectivity index (χ1n) is 4.58. The van der Waals surface area contributed by atoms with Gasteiger partial charge in [0.2, 0.25) is 5.95 Å². The molecule has 0 aromatic carbocycles. The molecule has 0 bridgehead atoms. The smallest absolute Gasteiger partial charge is 0.280 e. The van der Waals surface area contributed by atoms with Crippen molar-refractivity contribution in [2.75, 3.05) is 5.73 Å². The molecule has 4 N–H and O–H groups in total. The Morgan fingerprint density at radius 1 is 1.75 bits per heavy atom. The number of hydrogen-bond donors (Lipinski definition) is 3. The Bertz CT molecular complexity index is 558. The van der Waals surface area contributed by atoms with E-state index in [0.717, 1.165) is 0 Å². The largest absolute Gasteiger partial charge is 0.369 e. The van der Waals surface area contributed by atoms with Gasteiger partial charge in [0.1, 0.15) is 6.73 Å². The number of H-pyrrole nitrogens is 1. The van der Waals surface area contributed by atoms with Gasteiger partial charge < -0.3 is 15.6 Å². The van der Waals surface area contributed by atoms with E-state index in [2.05, 4.69) is 15.0 Å². The van der Waals surface area contributed by atoms with Crippen molar-refractivity contribution < 1.29 is 9.84 Å². The Morgan fingerprint density at radius 2 is 2.50 bits per heavy atom. The molecule has 0 saturated carbocycles. The molecule has 2 rings (SSSR count). The number of aliphatic hydroxyl groups is 1. The van der Waals surface area contributed by atoms with E-state index in [-0.39, 0.29) is 18.2 Å². The van der Waals surface area contributed by atoms with Crippen LogP contribution < -0.4 is 11.3 Å². The lowest BCUT2D eigenvalue weighted by Crippen LogP contribution is -2.14. The molecule has 2 heterocycles. The van der Waals surface area contributed by atoms with Crippen molar-refractivity contribution >= 4 is 17.1 Å². The average molecular weight is 225 g/mol. The van der Waals surface area contributed by atoms with Gasteiger partial charge in [0.25, 0.3) is 5.56 Å². The third-order valence-electron chi connectivity index (χ3n) is 1.95. The van der Waals surface area contributed by atoms with Crippen LogP contribution in [0.4, 0.5) is 5.95 Å². The minimum Gasteiger partial charge on any atom is -0.369 e. The van der Waals surface area contributed by atoms with Crippen molar-refractivity contribution in [2.24, 2.45) is 0 Å². The van der Waals surface area contributed by atoms with Gasteiger partial charge in [-0.05, 0) is 6.92 Å². The molecule has 0 aliphatic rings. The monoisotopic (exact) mass is 225 g/mol. The molecule has 0 saturated heterocycles. The van der Waals surface area contributed by atoms with E-state index in [9.17, 15) is 4.79 Å². The average Bonchev–Trinajstić information content (AvgIpc) is 2.58. The van der Waals surface area contributed by atoms with Gasteiger partial charge in [0.15, 0.2) is 17.5 Å². The van der Waals surface area contributed by atoms with Gasteiger partial charge in [-0.2, -0.15) is 4.98 Å².